The Kier molecular flexibility index (Phi) is 5.18. The van der Waals surface area contributed by atoms with Crippen LogP contribution in [0.2, 0.25) is 5.02 Å². The van der Waals surface area contributed by atoms with Gasteiger partial charge >= 0.3 is 0 Å². The van der Waals surface area contributed by atoms with Gasteiger partial charge < -0.3 is 5.11 Å². The second kappa shape index (κ2) is 7.23. The minimum absolute atomic E-state index is 0.153. The van der Waals surface area contributed by atoms with Gasteiger partial charge in [-0.3, -0.25) is 4.68 Å². The van der Waals surface area contributed by atoms with E-state index in [1.807, 2.05) is 19.1 Å². The summed E-state index contributed by atoms with van der Waals surface area (Å²) in [5, 5.41) is 15.2. The zero-order valence-electron chi connectivity index (χ0n) is 14.5. The average Bonchev–Trinajstić information content (AvgIpc) is 3.00. The summed E-state index contributed by atoms with van der Waals surface area (Å²) < 4.78 is 25.1. The van der Waals surface area contributed by atoms with Crippen molar-refractivity contribution in [2.75, 3.05) is 6.26 Å². The number of aromatic nitrogens is 2. The van der Waals surface area contributed by atoms with Crippen LogP contribution in [0.3, 0.4) is 0 Å². The van der Waals surface area contributed by atoms with Crippen molar-refractivity contribution < 1.29 is 13.5 Å². The topological polar surface area (TPSA) is 72.2 Å². The highest BCUT2D eigenvalue weighted by atomic mass is 35.5. The van der Waals surface area contributed by atoms with Gasteiger partial charge in [0, 0.05) is 29.0 Å². The van der Waals surface area contributed by atoms with Crippen LogP contribution in [0.4, 0.5) is 0 Å². The smallest absolute Gasteiger partial charge is 0.175 e. The maximum absolute atomic E-state index is 11.7. The number of aryl methyl sites for hydroxylation is 1. The van der Waals surface area contributed by atoms with Crippen LogP contribution in [0.1, 0.15) is 12.6 Å². The first-order valence-electron chi connectivity index (χ1n) is 8.12. The van der Waals surface area contributed by atoms with Crippen molar-refractivity contribution >= 4 is 21.4 Å². The van der Waals surface area contributed by atoms with Crippen LogP contribution in [-0.4, -0.2) is 29.6 Å². The van der Waals surface area contributed by atoms with Crippen molar-refractivity contribution in [1.82, 2.24) is 9.78 Å². The van der Waals surface area contributed by atoms with E-state index in [4.69, 9.17) is 11.6 Å². The molecule has 136 valence electrons. The number of benzene rings is 2. The fourth-order valence-corrected chi connectivity index (χ4v) is 3.66. The van der Waals surface area contributed by atoms with Crippen LogP contribution >= 0.6 is 11.6 Å². The summed E-state index contributed by atoms with van der Waals surface area (Å²) >= 11 is 6.00. The molecule has 7 heteroatoms. The van der Waals surface area contributed by atoms with Crippen molar-refractivity contribution in [2.24, 2.45) is 0 Å². The molecule has 0 aliphatic rings. The summed E-state index contributed by atoms with van der Waals surface area (Å²) in [6, 6.07) is 14.0. The molecule has 1 heterocycles. The third-order valence-electron chi connectivity index (χ3n) is 4.20. The van der Waals surface area contributed by atoms with E-state index in [2.05, 4.69) is 5.10 Å². The summed E-state index contributed by atoms with van der Waals surface area (Å²) in [5.41, 5.74) is 3.89. The van der Waals surface area contributed by atoms with Gasteiger partial charge in [-0.2, -0.15) is 5.10 Å². The third kappa shape index (κ3) is 3.53. The molecule has 0 amide bonds. The summed E-state index contributed by atoms with van der Waals surface area (Å²) in [7, 11) is -3.26. The Morgan fingerprint density at radius 2 is 1.62 bits per heavy atom. The van der Waals surface area contributed by atoms with Gasteiger partial charge in [-0.15, -0.1) is 0 Å². The molecule has 3 aromatic rings. The van der Waals surface area contributed by atoms with Crippen LogP contribution in [0.5, 0.6) is 0 Å². The zero-order chi connectivity index (χ0) is 18.9. The van der Waals surface area contributed by atoms with Gasteiger partial charge in [-0.1, -0.05) is 35.9 Å². The van der Waals surface area contributed by atoms with Crippen LogP contribution in [0.25, 0.3) is 22.4 Å². The Bertz CT molecular complexity index is 1020. The number of hydrogen-bond acceptors (Lipinski definition) is 4. The quantitative estimate of drug-likeness (QED) is 0.719. The largest absolute Gasteiger partial charge is 0.390 e. The summed E-state index contributed by atoms with van der Waals surface area (Å²) in [6.07, 6.45) is 1.18. The van der Waals surface area contributed by atoms with E-state index in [9.17, 15) is 13.5 Å². The molecule has 26 heavy (non-hydrogen) atoms. The van der Waals surface area contributed by atoms with Gasteiger partial charge in [-0.25, -0.2) is 8.42 Å². The van der Waals surface area contributed by atoms with E-state index in [1.165, 1.54) is 6.26 Å². The lowest BCUT2D eigenvalue weighted by Gasteiger charge is -2.07. The molecule has 0 spiro atoms. The van der Waals surface area contributed by atoms with E-state index in [1.54, 1.807) is 41.1 Å². The number of nitrogens with zero attached hydrogens (tertiary/aromatic N) is 2. The number of halogens is 1. The van der Waals surface area contributed by atoms with Gasteiger partial charge in [0.2, 0.25) is 0 Å². The Morgan fingerprint density at radius 3 is 2.12 bits per heavy atom. The molecule has 3 rings (SSSR count). The maximum Gasteiger partial charge on any atom is 0.175 e. The first-order chi connectivity index (χ1) is 12.3. The first-order valence-corrected chi connectivity index (χ1v) is 10.4. The van der Waals surface area contributed by atoms with Gasteiger partial charge in [0.15, 0.2) is 9.84 Å². The minimum atomic E-state index is -3.26. The first kappa shape index (κ1) is 18.6. The fourth-order valence-electron chi connectivity index (χ4n) is 2.90. The van der Waals surface area contributed by atoms with E-state index >= 15 is 0 Å². The van der Waals surface area contributed by atoms with Gasteiger partial charge in [0.1, 0.15) is 5.69 Å². The Balaban J connectivity index is 2.21. The fraction of sp³-hybridized carbons (Fsp3) is 0.211. The SMILES string of the molecule is CCn1nc(-c2ccc(S(C)(=O)=O)cc2)c(-c2ccc(Cl)cc2)c1CO. The zero-order valence-corrected chi connectivity index (χ0v) is 16.0. The minimum Gasteiger partial charge on any atom is -0.390 e. The summed E-state index contributed by atoms with van der Waals surface area (Å²) in [6.45, 7) is 2.41. The molecule has 0 atom stereocenters. The lowest BCUT2D eigenvalue weighted by Crippen LogP contribution is -2.02. The van der Waals surface area contributed by atoms with Gasteiger partial charge in [0.05, 0.1) is 17.2 Å². The van der Waals surface area contributed by atoms with Crippen molar-refractivity contribution in [2.45, 2.75) is 25.0 Å². The molecular formula is C19H19ClN2O3S. The van der Waals surface area contributed by atoms with E-state index < -0.39 is 9.84 Å². The van der Waals surface area contributed by atoms with E-state index in [0.717, 1.165) is 16.7 Å². The Morgan fingerprint density at radius 1 is 1.04 bits per heavy atom. The van der Waals surface area contributed by atoms with E-state index in [0.29, 0.717) is 23.0 Å². The molecule has 2 aromatic carbocycles. The predicted molar refractivity (Wildman–Crippen MR) is 103 cm³/mol. The molecule has 5 nitrogen and oxygen atoms in total. The van der Waals surface area contributed by atoms with Crippen LogP contribution in [-0.2, 0) is 23.0 Å². The summed E-state index contributed by atoms with van der Waals surface area (Å²) in [4.78, 5) is 0.256. The number of aliphatic hydroxyl groups is 1. The Hall–Kier alpha value is -2.15. The Labute approximate surface area is 157 Å². The number of hydrogen-bond donors (Lipinski definition) is 1. The molecule has 0 fully saturated rings. The lowest BCUT2D eigenvalue weighted by molar-refractivity contribution is 0.269. The molecule has 0 aliphatic carbocycles. The average molecular weight is 391 g/mol. The number of rotatable bonds is 5. The molecule has 0 radical (unpaired) electrons. The van der Waals surface area contributed by atoms with Crippen LogP contribution in [0, 0.1) is 0 Å². The van der Waals surface area contributed by atoms with Crippen molar-refractivity contribution in [3.63, 3.8) is 0 Å². The summed E-state index contributed by atoms with van der Waals surface area (Å²) in [5.74, 6) is 0. The molecular weight excluding hydrogens is 372 g/mol. The lowest BCUT2D eigenvalue weighted by atomic mass is 9.99. The van der Waals surface area contributed by atoms with Crippen LogP contribution in [0.15, 0.2) is 53.4 Å². The maximum atomic E-state index is 11.7. The highest BCUT2D eigenvalue weighted by Gasteiger charge is 2.20. The second-order valence-corrected chi connectivity index (χ2v) is 8.40. The molecule has 0 bridgehead atoms. The molecule has 0 saturated heterocycles. The third-order valence-corrected chi connectivity index (χ3v) is 5.58. The highest BCUT2D eigenvalue weighted by molar-refractivity contribution is 7.90. The number of aliphatic hydroxyl groups excluding tert-OH is 1. The molecule has 0 aliphatic heterocycles. The van der Waals surface area contributed by atoms with Crippen molar-refractivity contribution in [1.29, 1.82) is 0 Å². The van der Waals surface area contributed by atoms with Gasteiger partial charge in [0.25, 0.3) is 0 Å². The van der Waals surface area contributed by atoms with Crippen molar-refractivity contribution in [3.05, 3.63) is 59.2 Å². The monoisotopic (exact) mass is 390 g/mol. The highest BCUT2D eigenvalue weighted by Crippen LogP contribution is 2.35. The van der Waals surface area contributed by atoms with Crippen LogP contribution < -0.4 is 0 Å². The molecule has 0 unspecified atom stereocenters. The second-order valence-electron chi connectivity index (χ2n) is 5.95. The van der Waals surface area contributed by atoms with Gasteiger partial charge in [-0.05, 0) is 36.8 Å². The number of sulfone groups is 1. The predicted octanol–water partition coefficient (Wildman–Crippen LogP) is 3.79. The molecule has 1 N–H and O–H groups in total. The molecule has 1 aromatic heterocycles. The van der Waals surface area contributed by atoms with Crippen molar-refractivity contribution in [3.8, 4) is 22.4 Å². The van der Waals surface area contributed by atoms with E-state index in [-0.39, 0.29) is 11.5 Å². The standard InChI is InChI=1S/C19H19ClN2O3S/c1-3-22-17(12-23)18(13-4-8-15(20)9-5-13)19(21-22)14-6-10-16(11-7-14)26(2,24)25/h4-11,23H,3,12H2,1-2H3. The molecule has 0 saturated carbocycles. The normalized spacial score (nSPS) is 11.7.